The number of fused-ring (bicyclic) bond motifs is 4. The number of amides is 1. The predicted octanol–water partition coefficient (Wildman–Crippen LogP) is 7.07. The first-order valence-corrected chi connectivity index (χ1v) is 12.6. The predicted molar refractivity (Wildman–Crippen MR) is 139 cm³/mol. The van der Waals surface area contributed by atoms with Gasteiger partial charge in [0.05, 0.1) is 17.1 Å². The van der Waals surface area contributed by atoms with E-state index in [0.29, 0.717) is 6.54 Å². The van der Waals surface area contributed by atoms with Crippen LogP contribution < -0.4 is 0 Å². The number of aromatic nitrogens is 2. The molecule has 1 aliphatic carbocycles. The number of benzene rings is 3. The second-order valence-corrected chi connectivity index (χ2v) is 10.7. The van der Waals surface area contributed by atoms with Crippen molar-refractivity contribution in [2.75, 3.05) is 6.54 Å². The molecule has 0 spiro atoms. The number of nitrogens with zero attached hydrogens (tertiary/aromatic N) is 2. The molecule has 1 aliphatic heterocycles. The lowest BCUT2D eigenvalue weighted by atomic mass is 9.84. The monoisotopic (exact) mass is 465 g/mol. The van der Waals surface area contributed by atoms with Crippen LogP contribution in [0.4, 0.5) is 4.79 Å². The molecule has 5 heteroatoms. The van der Waals surface area contributed by atoms with Gasteiger partial charge in [-0.15, -0.1) is 0 Å². The number of aromatic amines is 1. The summed E-state index contributed by atoms with van der Waals surface area (Å²) in [5.74, 6) is 0.836. The van der Waals surface area contributed by atoms with Crippen molar-refractivity contribution >= 4 is 17.1 Å². The molecular weight excluding hydrogens is 434 g/mol. The third kappa shape index (κ3) is 4.09. The molecule has 6 rings (SSSR count). The molecular formula is C30H31N3O2. The summed E-state index contributed by atoms with van der Waals surface area (Å²) >= 11 is 0. The zero-order chi connectivity index (χ0) is 24.2. The molecule has 1 N–H and O–H groups in total. The van der Waals surface area contributed by atoms with Gasteiger partial charge in [-0.1, -0.05) is 48.5 Å². The van der Waals surface area contributed by atoms with Crippen LogP contribution in [0.15, 0.2) is 60.7 Å². The normalized spacial score (nSPS) is 17.3. The van der Waals surface area contributed by atoms with Gasteiger partial charge in [0.1, 0.15) is 11.4 Å². The van der Waals surface area contributed by atoms with Crippen molar-refractivity contribution in [1.82, 2.24) is 14.9 Å². The van der Waals surface area contributed by atoms with Crippen molar-refractivity contribution in [1.29, 1.82) is 0 Å². The molecule has 4 aromatic rings. The van der Waals surface area contributed by atoms with E-state index in [1.807, 2.05) is 25.7 Å². The van der Waals surface area contributed by atoms with Crippen LogP contribution in [0.2, 0.25) is 0 Å². The topological polar surface area (TPSA) is 58.2 Å². The van der Waals surface area contributed by atoms with Crippen LogP contribution in [-0.4, -0.2) is 33.1 Å². The Labute approximate surface area is 206 Å². The molecule has 3 aromatic carbocycles. The van der Waals surface area contributed by atoms with E-state index in [4.69, 9.17) is 9.72 Å². The summed E-state index contributed by atoms with van der Waals surface area (Å²) in [6.45, 7) is 6.40. The van der Waals surface area contributed by atoms with Gasteiger partial charge in [-0.3, -0.25) is 4.90 Å². The molecule has 1 atom stereocenters. The van der Waals surface area contributed by atoms with Gasteiger partial charge in [-0.25, -0.2) is 9.78 Å². The zero-order valence-corrected chi connectivity index (χ0v) is 20.6. The first kappa shape index (κ1) is 21.9. The van der Waals surface area contributed by atoms with Crippen LogP contribution in [0.3, 0.4) is 0 Å². The first-order chi connectivity index (χ1) is 16.9. The van der Waals surface area contributed by atoms with Crippen LogP contribution in [0.5, 0.6) is 0 Å². The maximum absolute atomic E-state index is 12.8. The average molecular weight is 466 g/mol. The van der Waals surface area contributed by atoms with Crippen molar-refractivity contribution in [3.63, 3.8) is 0 Å². The van der Waals surface area contributed by atoms with Gasteiger partial charge in [-0.05, 0) is 92.0 Å². The lowest BCUT2D eigenvalue weighted by molar-refractivity contribution is 0.0219. The molecule has 2 heterocycles. The van der Waals surface area contributed by atoms with Gasteiger partial charge in [0.15, 0.2) is 0 Å². The number of nitrogens with one attached hydrogen (secondary N) is 1. The Morgan fingerprint density at radius 2 is 1.71 bits per heavy atom. The number of carbonyl (C=O) groups is 1. The molecule has 2 aliphatic rings. The Morgan fingerprint density at radius 3 is 2.57 bits per heavy atom. The minimum Gasteiger partial charge on any atom is -0.444 e. The van der Waals surface area contributed by atoms with E-state index >= 15 is 0 Å². The van der Waals surface area contributed by atoms with Crippen LogP contribution in [0.1, 0.15) is 56.6 Å². The molecule has 178 valence electrons. The first-order valence-electron chi connectivity index (χ1n) is 12.6. The van der Waals surface area contributed by atoms with Crippen LogP contribution in [-0.2, 0) is 17.6 Å². The zero-order valence-electron chi connectivity index (χ0n) is 20.6. The second kappa shape index (κ2) is 8.26. The number of carbonyl (C=O) groups excluding carboxylic acids is 1. The lowest BCUT2D eigenvalue weighted by Gasteiger charge is -2.27. The van der Waals surface area contributed by atoms with E-state index in [-0.39, 0.29) is 12.1 Å². The summed E-state index contributed by atoms with van der Waals surface area (Å²) in [6, 6.07) is 21.9. The smallest absolute Gasteiger partial charge is 0.410 e. The highest BCUT2D eigenvalue weighted by molar-refractivity contribution is 5.84. The van der Waals surface area contributed by atoms with Gasteiger partial charge in [0, 0.05) is 6.54 Å². The van der Waals surface area contributed by atoms with Crippen LogP contribution >= 0.6 is 0 Å². The van der Waals surface area contributed by atoms with Gasteiger partial charge >= 0.3 is 6.09 Å². The summed E-state index contributed by atoms with van der Waals surface area (Å²) in [6.07, 6.45) is 3.73. The summed E-state index contributed by atoms with van der Waals surface area (Å²) < 4.78 is 5.64. The highest BCUT2D eigenvalue weighted by Crippen LogP contribution is 2.37. The molecule has 0 saturated carbocycles. The molecule has 1 aromatic heterocycles. The summed E-state index contributed by atoms with van der Waals surface area (Å²) in [4.78, 5) is 22.9. The number of H-pyrrole nitrogens is 1. The summed E-state index contributed by atoms with van der Waals surface area (Å²) in [5, 5.41) is 0. The van der Waals surface area contributed by atoms with Crippen LogP contribution in [0.25, 0.3) is 33.3 Å². The maximum Gasteiger partial charge on any atom is 0.410 e. The number of hydrogen-bond donors (Lipinski definition) is 1. The van der Waals surface area contributed by atoms with Crippen molar-refractivity contribution in [3.8, 4) is 22.3 Å². The van der Waals surface area contributed by atoms with Crippen molar-refractivity contribution in [3.05, 3.63) is 77.6 Å². The quantitative estimate of drug-likeness (QED) is 0.344. The highest BCUT2D eigenvalue weighted by atomic mass is 16.6. The largest absolute Gasteiger partial charge is 0.444 e. The van der Waals surface area contributed by atoms with Gasteiger partial charge in [0.2, 0.25) is 0 Å². The van der Waals surface area contributed by atoms with Crippen molar-refractivity contribution in [2.45, 2.75) is 58.1 Å². The number of hydrogen-bond acceptors (Lipinski definition) is 3. The Hall–Kier alpha value is -3.60. The fourth-order valence-electron chi connectivity index (χ4n) is 5.47. The third-order valence-corrected chi connectivity index (χ3v) is 7.11. The molecule has 1 fully saturated rings. The molecule has 5 nitrogen and oxygen atoms in total. The number of likely N-dealkylation sites (tertiary alicyclic amines) is 1. The molecule has 1 saturated heterocycles. The molecule has 0 bridgehead atoms. The van der Waals surface area contributed by atoms with Gasteiger partial charge < -0.3 is 9.72 Å². The van der Waals surface area contributed by atoms with E-state index in [1.165, 1.54) is 33.4 Å². The summed E-state index contributed by atoms with van der Waals surface area (Å²) in [7, 11) is 0. The standard InChI is InChI=1S/C30H31N3O2/c1-30(2,3)35-29(34)33-16-6-9-27(33)28-31-25-15-13-21(18-26(25)32-28)20-12-14-24-22(17-20)11-10-19-7-4-5-8-23(19)24/h4-5,7-8,12-15,17-18,27H,6,9-11,16H2,1-3H3,(H,31,32). The van der Waals surface area contributed by atoms with Crippen LogP contribution in [0, 0.1) is 0 Å². The van der Waals surface area contributed by atoms with E-state index in [2.05, 4.69) is 65.6 Å². The van der Waals surface area contributed by atoms with E-state index in [9.17, 15) is 4.79 Å². The molecule has 35 heavy (non-hydrogen) atoms. The molecule has 1 unspecified atom stereocenters. The Kier molecular flexibility index (Phi) is 5.17. The number of rotatable bonds is 2. The second-order valence-electron chi connectivity index (χ2n) is 10.7. The van der Waals surface area contributed by atoms with E-state index in [1.54, 1.807) is 0 Å². The third-order valence-electron chi connectivity index (χ3n) is 7.11. The Balaban J connectivity index is 1.30. The number of imidazole rings is 1. The molecule has 0 radical (unpaired) electrons. The maximum atomic E-state index is 12.8. The Morgan fingerprint density at radius 1 is 0.971 bits per heavy atom. The minimum absolute atomic E-state index is 0.0792. The van der Waals surface area contributed by atoms with Crippen molar-refractivity contribution < 1.29 is 9.53 Å². The van der Waals surface area contributed by atoms with Crippen molar-refractivity contribution in [2.24, 2.45) is 0 Å². The van der Waals surface area contributed by atoms with E-state index < -0.39 is 5.60 Å². The average Bonchev–Trinajstić information content (AvgIpc) is 3.49. The fourth-order valence-corrected chi connectivity index (χ4v) is 5.47. The fraction of sp³-hybridized carbons (Fsp3) is 0.333. The minimum atomic E-state index is -0.510. The number of ether oxygens (including phenoxy) is 1. The highest BCUT2D eigenvalue weighted by Gasteiger charge is 2.35. The lowest BCUT2D eigenvalue weighted by Crippen LogP contribution is -2.36. The Bertz CT molecular complexity index is 1430. The van der Waals surface area contributed by atoms with Gasteiger partial charge in [-0.2, -0.15) is 0 Å². The summed E-state index contributed by atoms with van der Waals surface area (Å²) in [5.41, 5.74) is 9.36. The molecule has 1 amide bonds. The number of aryl methyl sites for hydroxylation is 2. The SMILES string of the molecule is CC(C)(C)OC(=O)N1CCCC1c1nc2ccc(-c3ccc4c(c3)CCc3ccccc3-4)cc2[nH]1. The van der Waals surface area contributed by atoms with Gasteiger partial charge in [0.25, 0.3) is 0 Å². The van der Waals surface area contributed by atoms with E-state index in [0.717, 1.165) is 42.5 Å².